The molecule has 188 valence electrons. The highest BCUT2D eigenvalue weighted by molar-refractivity contribution is 5.99. The lowest BCUT2D eigenvalue weighted by Gasteiger charge is -2.18. The first kappa shape index (κ1) is 22.6. The van der Waals surface area contributed by atoms with Crippen LogP contribution in [0.15, 0.2) is 24.4 Å². The number of ether oxygens (including phenoxy) is 1. The summed E-state index contributed by atoms with van der Waals surface area (Å²) in [5, 5.41) is 12.0. The Morgan fingerprint density at radius 3 is 2.72 bits per heavy atom. The Labute approximate surface area is 205 Å². The number of benzene rings is 1. The fraction of sp³-hybridized carbons (Fsp3) is 0.458. The van der Waals surface area contributed by atoms with Gasteiger partial charge in [0.25, 0.3) is 6.43 Å². The lowest BCUT2D eigenvalue weighted by Crippen LogP contribution is -2.29. The molecule has 6 rings (SSSR count). The van der Waals surface area contributed by atoms with E-state index in [4.69, 9.17) is 4.74 Å². The number of nitrogens with one attached hydrogen (secondary N) is 2. The number of hydrogen-bond donors (Lipinski definition) is 2. The first-order chi connectivity index (χ1) is 17.4. The lowest BCUT2D eigenvalue weighted by atomic mass is 10.0. The van der Waals surface area contributed by atoms with Crippen LogP contribution in [0.2, 0.25) is 0 Å². The van der Waals surface area contributed by atoms with Crippen LogP contribution in [-0.4, -0.2) is 73.4 Å². The van der Waals surface area contributed by atoms with Gasteiger partial charge in [-0.05, 0) is 42.4 Å². The molecule has 0 unspecified atom stereocenters. The van der Waals surface area contributed by atoms with Crippen molar-refractivity contribution in [1.29, 1.82) is 0 Å². The Balaban J connectivity index is 1.28. The van der Waals surface area contributed by atoms with Gasteiger partial charge in [0, 0.05) is 37.8 Å². The molecule has 0 bridgehead atoms. The smallest absolute Gasteiger partial charge is 0.258 e. The van der Waals surface area contributed by atoms with Crippen LogP contribution in [0.4, 0.5) is 14.7 Å². The first-order valence-corrected chi connectivity index (χ1v) is 12.0. The number of carbonyl (C=O) groups is 1. The molecule has 3 aromatic heterocycles. The zero-order valence-electron chi connectivity index (χ0n) is 19.9. The Bertz CT molecular complexity index is 1440. The number of nitrogens with zero attached hydrogens (tertiary/aromatic N) is 6. The largest absolute Gasteiger partial charge is 0.480 e. The summed E-state index contributed by atoms with van der Waals surface area (Å²) < 4.78 is 32.8. The Morgan fingerprint density at radius 2 is 2.03 bits per heavy atom. The summed E-state index contributed by atoms with van der Waals surface area (Å²) in [4.78, 5) is 26.1. The number of hydrogen-bond acceptors (Lipinski definition) is 7. The Hall–Kier alpha value is -3.83. The molecular formula is C24H26F2N8O2. The van der Waals surface area contributed by atoms with Crippen molar-refractivity contribution in [3.63, 3.8) is 0 Å². The van der Waals surface area contributed by atoms with Crippen LogP contribution in [0, 0.1) is 11.8 Å². The van der Waals surface area contributed by atoms with Gasteiger partial charge in [0.15, 0.2) is 0 Å². The van der Waals surface area contributed by atoms with Crippen LogP contribution in [0.3, 0.4) is 0 Å². The molecule has 12 heteroatoms. The van der Waals surface area contributed by atoms with Crippen molar-refractivity contribution in [2.75, 3.05) is 25.5 Å². The molecule has 10 nitrogen and oxygen atoms in total. The maximum absolute atomic E-state index is 13.0. The number of methoxy groups -OCH3 is 1. The number of fused-ring (bicyclic) bond motifs is 3. The highest BCUT2D eigenvalue weighted by Crippen LogP contribution is 2.40. The number of carbonyl (C=O) groups excluding carboxylic acids is 1. The molecule has 1 aromatic carbocycles. The van der Waals surface area contributed by atoms with E-state index in [0.717, 1.165) is 37.1 Å². The van der Waals surface area contributed by atoms with E-state index < -0.39 is 13.0 Å². The van der Waals surface area contributed by atoms with E-state index in [1.54, 1.807) is 26.2 Å². The van der Waals surface area contributed by atoms with Crippen LogP contribution in [0.5, 0.6) is 5.88 Å². The van der Waals surface area contributed by atoms with Gasteiger partial charge in [-0.1, -0.05) is 11.3 Å². The second kappa shape index (κ2) is 8.68. The number of likely N-dealkylation sites (tertiary alicyclic amines) is 1. The number of alkyl halides is 2. The van der Waals surface area contributed by atoms with E-state index in [0.29, 0.717) is 45.7 Å². The number of anilines is 1. The predicted octanol–water partition coefficient (Wildman–Crippen LogP) is 3.31. The highest BCUT2D eigenvalue weighted by Gasteiger charge is 2.41. The molecule has 36 heavy (non-hydrogen) atoms. The van der Waals surface area contributed by atoms with Crippen molar-refractivity contribution in [1.82, 2.24) is 34.8 Å². The summed E-state index contributed by atoms with van der Waals surface area (Å²) in [5.74, 6) is 2.03. The molecule has 0 radical (unpaired) electrons. The zero-order valence-corrected chi connectivity index (χ0v) is 19.9. The van der Waals surface area contributed by atoms with Crippen molar-refractivity contribution in [2.45, 2.75) is 38.8 Å². The van der Waals surface area contributed by atoms with Crippen molar-refractivity contribution in [3.05, 3.63) is 24.4 Å². The third-order valence-corrected chi connectivity index (χ3v) is 7.36. The van der Waals surface area contributed by atoms with E-state index in [-0.39, 0.29) is 11.9 Å². The first-order valence-electron chi connectivity index (χ1n) is 12.0. The van der Waals surface area contributed by atoms with Gasteiger partial charge in [0.2, 0.25) is 17.7 Å². The van der Waals surface area contributed by atoms with Gasteiger partial charge in [-0.15, -0.1) is 5.10 Å². The predicted molar refractivity (Wildman–Crippen MR) is 129 cm³/mol. The van der Waals surface area contributed by atoms with Crippen molar-refractivity contribution in [3.8, 4) is 17.0 Å². The normalized spacial score (nSPS) is 21.6. The van der Waals surface area contributed by atoms with Crippen LogP contribution < -0.4 is 10.1 Å². The summed E-state index contributed by atoms with van der Waals surface area (Å²) >= 11 is 0. The van der Waals surface area contributed by atoms with E-state index in [1.807, 2.05) is 17.2 Å². The third kappa shape index (κ3) is 3.90. The van der Waals surface area contributed by atoms with E-state index in [1.165, 1.54) is 4.68 Å². The second-order valence-electron chi connectivity index (χ2n) is 9.61. The molecule has 4 heterocycles. The topological polar surface area (TPSA) is 114 Å². The molecule has 0 spiro atoms. The lowest BCUT2D eigenvalue weighted by molar-refractivity contribution is -0.128. The molecule has 4 aromatic rings. The van der Waals surface area contributed by atoms with Crippen LogP contribution in [-0.2, 0) is 11.3 Å². The number of aromatic nitrogens is 6. The molecular weight excluding hydrogens is 470 g/mol. The van der Waals surface area contributed by atoms with Crippen LogP contribution in [0.25, 0.3) is 33.2 Å². The molecule has 2 N–H and O–H groups in total. The minimum Gasteiger partial charge on any atom is -0.480 e. The van der Waals surface area contributed by atoms with Gasteiger partial charge in [-0.25, -0.2) is 13.5 Å². The quantitative estimate of drug-likeness (QED) is 0.421. The van der Waals surface area contributed by atoms with Crippen molar-refractivity contribution >= 4 is 33.9 Å². The minimum absolute atomic E-state index is 0.142. The molecule has 1 amide bonds. The van der Waals surface area contributed by atoms with Gasteiger partial charge in [-0.3, -0.25) is 4.79 Å². The number of amides is 1. The van der Waals surface area contributed by atoms with Gasteiger partial charge < -0.3 is 19.9 Å². The zero-order chi connectivity index (χ0) is 25.0. The summed E-state index contributed by atoms with van der Waals surface area (Å²) in [6, 6.07) is 5.63. The van der Waals surface area contributed by atoms with Crippen molar-refractivity contribution < 1.29 is 18.3 Å². The van der Waals surface area contributed by atoms with Crippen LogP contribution in [0.1, 0.15) is 19.8 Å². The number of H-pyrrole nitrogens is 1. The average Bonchev–Trinajstić information content (AvgIpc) is 3.60. The maximum atomic E-state index is 13.0. The molecule has 2 aliphatic rings. The Morgan fingerprint density at radius 1 is 1.25 bits per heavy atom. The standard InChI is InChI=1S/C24H26F2N8O2/c1-12(35)33-9-14-5-16(6-15(14)10-33)28-24-29-22-21(23(30-24)36-2)17(8-27-22)13-3-4-18-19(7-13)34(32-31-18)11-20(25)26/h3-4,7-8,14-16,20H,5-6,9-11H2,1-2H3,(H2,27,28,29,30)/t14-,15+,16-. The number of halogens is 2. The molecule has 2 fully saturated rings. The maximum Gasteiger partial charge on any atom is 0.258 e. The fourth-order valence-electron chi connectivity index (χ4n) is 5.70. The van der Waals surface area contributed by atoms with E-state index in [9.17, 15) is 13.6 Å². The highest BCUT2D eigenvalue weighted by atomic mass is 19.3. The average molecular weight is 497 g/mol. The number of rotatable bonds is 6. The minimum atomic E-state index is -2.53. The van der Waals surface area contributed by atoms with Gasteiger partial charge in [0.1, 0.15) is 17.7 Å². The van der Waals surface area contributed by atoms with Gasteiger partial charge in [-0.2, -0.15) is 9.97 Å². The molecule has 1 saturated carbocycles. The molecule has 1 saturated heterocycles. The number of aromatic amines is 1. The Kier molecular flexibility index (Phi) is 5.45. The monoisotopic (exact) mass is 496 g/mol. The van der Waals surface area contributed by atoms with Gasteiger partial charge >= 0.3 is 0 Å². The second-order valence-corrected chi connectivity index (χ2v) is 9.61. The summed E-state index contributed by atoms with van der Waals surface area (Å²) in [7, 11) is 1.56. The fourth-order valence-corrected chi connectivity index (χ4v) is 5.70. The summed E-state index contributed by atoms with van der Waals surface area (Å²) in [5.41, 5.74) is 3.25. The molecule has 3 atom stereocenters. The SMILES string of the molecule is COc1nc(N[C@@H]2C[C@@H]3CN(C(C)=O)C[C@@H]3C2)nc2[nH]cc(-c3ccc4nnn(CC(F)F)c4c3)c12. The molecule has 1 aliphatic carbocycles. The molecule has 1 aliphatic heterocycles. The van der Waals surface area contributed by atoms with E-state index in [2.05, 4.69) is 30.6 Å². The summed E-state index contributed by atoms with van der Waals surface area (Å²) in [6.07, 6.45) is 1.21. The third-order valence-electron chi connectivity index (χ3n) is 7.36. The summed E-state index contributed by atoms with van der Waals surface area (Å²) in [6.45, 7) is 2.74. The van der Waals surface area contributed by atoms with Crippen LogP contribution >= 0.6 is 0 Å². The van der Waals surface area contributed by atoms with E-state index >= 15 is 0 Å². The van der Waals surface area contributed by atoms with Crippen molar-refractivity contribution in [2.24, 2.45) is 11.8 Å². The van der Waals surface area contributed by atoms with Gasteiger partial charge in [0.05, 0.1) is 18.0 Å².